The van der Waals surface area contributed by atoms with Crippen molar-refractivity contribution in [2.75, 3.05) is 10.6 Å². The van der Waals surface area contributed by atoms with Gasteiger partial charge in [-0.3, -0.25) is 15.3 Å². The van der Waals surface area contributed by atoms with Crippen LogP contribution in [0, 0.1) is 11.6 Å². The summed E-state index contributed by atoms with van der Waals surface area (Å²) in [4.78, 5) is 20.3. The highest BCUT2D eigenvalue weighted by Crippen LogP contribution is 2.26. The average Bonchev–Trinajstić information content (AvgIpc) is 3.20. The van der Waals surface area contributed by atoms with Crippen LogP contribution in [0.15, 0.2) is 67.3 Å². The van der Waals surface area contributed by atoms with Gasteiger partial charge in [0.25, 0.3) is 0 Å². The van der Waals surface area contributed by atoms with Crippen LogP contribution >= 0.6 is 0 Å². The molecule has 33 heavy (non-hydrogen) atoms. The number of nitrogens with zero attached hydrogens (tertiary/aromatic N) is 4. The summed E-state index contributed by atoms with van der Waals surface area (Å²) in [6.07, 6.45) is 5.61. The Balaban J connectivity index is 1.51. The fourth-order valence-corrected chi connectivity index (χ4v) is 2.96. The Kier molecular flexibility index (Phi) is 6.25. The molecule has 4 aromatic rings. The van der Waals surface area contributed by atoms with Gasteiger partial charge in [0.1, 0.15) is 29.0 Å². The molecule has 2 amide bonds. The Morgan fingerprint density at radius 1 is 0.970 bits per heavy atom. The van der Waals surface area contributed by atoms with Gasteiger partial charge in [0, 0.05) is 30.6 Å². The zero-order valence-corrected chi connectivity index (χ0v) is 17.8. The zero-order chi connectivity index (χ0) is 23.4. The summed E-state index contributed by atoms with van der Waals surface area (Å²) in [5.41, 5.74) is 0.969. The topological polar surface area (TPSA) is 94.0 Å². The van der Waals surface area contributed by atoms with Gasteiger partial charge >= 0.3 is 6.03 Å². The maximum atomic E-state index is 14.5. The number of aromatic nitrogens is 4. The molecule has 1 aromatic carbocycles. The van der Waals surface area contributed by atoms with Crippen molar-refractivity contribution in [1.29, 1.82) is 0 Å². The third-order valence-corrected chi connectivity index (χ3v) is 4.57. The minimum atomic E-state index is -0.697. The van der Waals surface area contributed by atoms with E-state index < -0.39 is 17.7 Å². The fourth-order valence-electron chi connectivity index (χ4n) is 2.96. The van der Waals surface area contributed by atoms with Crippen LogP contribution in [0.3, 0.4) is 0 Å². The van der Waals surface area contributed by atoms with Crippen LogP contribution in [-0.2, 0) is 0 Å². The van der Waals surface area contributed by atoms with Gasteiger partial charge in [-0.25, -0.2) is 18.3 Å². The van der Waals surface area contributed by atoms with Crippen molar-refractivity contribution < 1.29 is 18.3 Å². The molecular weight excluding hydrogens is 430 g/mol. The molecule has 0 fully saturated rings. The molecule has 0 aliphatic heterocycles. The monoisotopic (exact) mass is 450 g/mol. The number of anilines is 2. The van der Waals surface area contributed by atoms with E-state index in [-0.39, 0.29) is 23.2 Å². The number of ether oxygens (including phenoxy) is 1. The molecule has 0 aliphatic rings. The lowest BCUT2D eigenvalue weighted by atomic mass is 10.1. The molecule has 2 N–H and O–H groups in total. The first-order valence-electron chi connectivity index (χ1n) is 10.1. The van der Waals surface area contributed by atoms with Gasteiger partial charge in [0.2, 0.25) is 0 Å². The average molecular weight is 450 g/mol. The quantitative estimate of drug-likeness (QED) is 0.405. The summed E-state index contributed by atoms with van der Waals surface area (Å²) in [5.74, 6) is -0.113. The molecule has 0 unspecified atom stereocenters. The highest BCUT2D eigenvalue weighted by molar-refractivity contribution is 5.99. The van der Waals surface area contributed by atoms with Gasteiger partial charge in [-0.1, -0.05) is 13.8 Å². The predicted molar refractivity (Wildman–Crippen MR) is 119 cm³/mol. The van der Waals surface area contributed by atoms with Crippen molar-refractivity contribution in [1.82, 2.24) is 19.7 Å². The second-order valence-corrected chi connectivity index (χ2v) is 7.39. The van der Waals surface area contributed by atoms with Crippen molar-refractivity contribution in [3.8, 4) is 17.2 Å². The van der Waals surface area contributed by atoms with Crippen LogP contribution in [-0.4, -0.2) is 25.8 Å². The van der Waals surface area contributed by atoms with Gasteiger partial charge in [-0.05, 0) is 30.2 Å². The number of amides is 2. The SMILES string of the molecule is CC(C)c1cc(NC(=O)Nc2ccc(Oc3ccncc3)cc2F)n(-c2cncc(F)c2)n1. The number of carbonyl (C=O) groups is 1. The van der Waals surface area contributed by atoms with Gasteiger partial charge in [-0.2, -0.15) is 5.10 Å². The standard InChI is InChI=1S/C23H20F2N6O2/c1-14(2)21-11-22(31(30-21)16-9-15(24)12-27-13-16)29-23(32)28-20-4-3-18(10-19(20)25)33-17-5-7-26-8-6-17/h3-14H,1-2H3,(H2,28,29,32). The lowest BCUT2D eigenvalue weighted by Gasteiger charge is -2.11. The van der Waals surface area contributed by atoms with Crippen LogP contribution in [0.2, 0.25) is 0 Å². The van der Waals surface area contributed by atoms with Gasteiger partial charge in [0.05, 0.1) is 29.5 Å². The summed E-state index contributed by atoms with van der Waals surface area (Å²) in [6, 6.07) is 9.57. The van der Waals surface area contributed by atoms with Crippen LogP contribution in [0.4, 0.5) is 25.1 Å². The Labute approximate surface area is 188 Å². The van der Waals surface area contributed by atoms with E-state index in [9.17, 15) is 13.6 Å². The third-order valence-electron chi connectivity index (χ3n) is 4.57. The first-order chi connectivity index (χ1) is 15.9. The summed E-state index contributed by atoms with van der Waals surface area (Å²) in [5, 5.41) is 9.51. The van der Waals surface area contributed by atoms with E-state index in [0.29, 0.717) is 17.1 Å². The summed E-state index contributed by atoms with van der Waals surface area (Å²) in [6.45, 7) is 3.87. The Morgan fingerprint density at radius 3 is 2.45 bits per heavy atom. The molecule has 0 atom stereocenters. The number of hydrogen-bond acceptors (Lipinski definition) is 5. The largest absolute Gasteiger partial charge is 0.457 e. The maximum absolute atomic E-state index is 14.5. The van der Waals surface area contributed by atoms with E-state index >= 15 is 0 Å². The minimum Gasteiger partial charge on any atom is -0.457 e. The molecule has 168 valence electrons. The summed E-state index contributed by atoms with van der Waals surface area (Å²) in [7, 11) is 0. The first-order valence-corrected chi connectivity index (χ1v) is 10.1. The molecular formula is C23H20F2N6O2. The lowest BCUT2D eigenvalue weighted by Crippen LogP contribution is -2.22. The molecule has 0 saturated heterocycles. The van der Waals surface area contributed by atoms with Crippen molar-refractivity contribution in [3.63, 3.8) is 0 Å². The number of nitrogens with one attached hydrogen (secondary N) is 2. The molecule has 0 saturated carbocycles. The van der Waals surface area contributed by atoms with E-state index in [4.69, 9.17) is 4.74 Å². The Hall–Kier alpha value is -4.34. The fraction of sp³-hybridized carbons (Fsp3) is 0.130. The number of pyridine rings is 2. The molecule has 0 bridgehead atoms. The van der Waals surface area contributed by atoms with Crippen LogP contribution in [0.1, 0.15) is 25.5 Å². The third kappa shape index (κ3) is 5.29. The van der Waals surface area contributed by atoms with Crippen LogP contribution in [0.5, 0.6) is 11.5 Å². The number of hydrogen-bond donors (Lipinski definition) is 2. The van der Waals surface area contributed by atoms with E-state index in [0.717, 1.165) is 12.3 Å². The molecule has 3 heterocycles. The van der Waals surface area contributed by atoms with Gasteiger partial charge < -0.3 is 10.1 Å². The summed E-state index contributed by atoms with van der Waals surface area (Å²) < 4.78 is 35.1. The second-order valence-electron chi connectivity index (χ2n) is 7.39. The normalized spacial score (nSPS) is 10.8. The zero-order valence-electron chi connectivity index (χ0n) is 17.8. The van der Waals surface area contributed by atoms with Crippen molar-refractivity contribution in [2.45, 2.75) is 19.8 Å². The smallest absolute Gasteiger partial charge is 0.324 e. The molecule has 4 rings (SSSR count). The first kappa shape index (κ1) is 21.9. The molecule has 10 heteroatoms. The number of urea groups is 1. The maximum Gasteiger partial charge on any atom is 0.324 e. The minimum absolute atomic E-state index is 0.0443. The number of benzene rings is 1. The Morgan fingerprint density at radius 2 is 1.76 bits per heavy atom. The van der Waals surface area contributed by atoms with E-state index in [1.54, 1.807) is 30.6 Å². The highest BCUT2D eigenvalue weighted by Gasteiger charge is 2.16. The lowest BCUT2D eigenvalue weighted by molar-refractivity contribution is 0.262. The number of rotatable bonds is 6. The van der Waals surface area contributed by atoms with E-state index in [1.165, 1.54) is 29.1 Å². The number of carbonyl (C=O) groups excluding carboxylic acids is 1. The molecule has 8 nitrogen and oxygen atoms in total. The molecule has 3 aromatic heterocycles. The Bertz CT molecular complexity index is 1280. The van der Waals surface area contributed by atoms with Crippen molar-refractivity contribution >= 4 is 17.5 Å². The van der Waals surface area contributed by atoms with Crippen LogP contribution < -0.4 is 15.4 Å². The van der Waals surface area contributed by atoms with E-state index in [1.807, 2.05) is 13.8 Å². The summed E-state index contributed by atoms with van der Waals surface area (Å²) >= 11 is 0. The molecule has 0 spiro atoms. The predicted octanol–water partition coefficient (Wildman–Crippen LogP) is 5.50. The molecule has 0 aliphatic carbocycles. The highest BCUT2D eigenvalue weighted by atomic mass is 19.1. The van der Waals surface area contributed by atoms with Gasteiger partial charge in [-0.15, -0.1) is 0 Å². The second kappa shape index (κ2) is 9.43. The molecule has 0 radical (unpaired) electrons. The van der Waals surface area contributed by atoms with Crippen molar-refractivity contribution in [2.24, 2.45) is 0 Å². The van der Waals surface area contributed by atoms with Crippen LogP contribution in [0.25, 0.3) is 5.69 Å². The van der Waals surface area contributed by atoms with E-state index in [2.05, 4.69) is 25.7 Å². The van der Waals surface area contributed by atoms with Crippen molar-refractivity contribution in [3.05, 3.63) is 84.6 Å². The van der Waals surface area contributed by atoms with Gasteiger partial charge in [0.15, 0.2) is 0 Å². The number of halogens is 2.